The summed E-state index contributed by atoms with van der Waals surface area (Å²) >= 11 is 0. The molecular weight excluding hydrogens is 375 g/mol. The first-order valence-electron chi connectivity index (χ1n) is 8.63. The lowest BCUT2D eigenvalue weighted by Crippen LogP contribution is -2.42. The fourth-order valence-electron chi connectivity index (χ4n) is 3.04. The van der Waals surface area contributed by atoms with Crippen molar-refractivity contribution in [1.29, 1.82) is 0 Å². The summed E-state index contributed by atoms with van der Waals surface area (Å²) < 4.78 is 43.5. The summed E-state index contributed by atoms with van der Waals surface area (Å²) in [6, 6.07) is 7.58. The number of ether oxygens (including phenoxy) is 1. The normalized spacial score (nSPS) is 15.3. The molecule has 0 saturated carbocycles. The highest BCUT2D eigenvalue weighted by Crippen LogP contribution is 2.31. The van der Waals surface area contributed by atoms with E-state index in [0.29, 0.717) is 31.7 Å². The average molecular weight is 393 g/mol. The van der Waals surface area contributed by atoms with Crippen molar-refractivity contribution in [3.8, 4) is 5.75 Å². The first-order valence-corrected chi connectivity index (χ1v) is 8.63. The van der Waals surface area contributed by atoms with E-state index in [1.165, 1.54) is 24.4 Å². The molecule has 28 heavy (non-hydrogen) atoms. The van der Waals surface area contributed by atoms with Crippen LogP contribution in [0, 0.1) is 0 Å². The molecule has 0 unspecified atom stereocenters. The second kappa shape index (κ2) is 7.87. The van der Waals surface area contributed by atoms with Gasteiger partial charge in [-0.1, -0.05) is 0 Å². The largest absolute Gasteiger partial charge is 0.490 e. The van der Waals surface area contributed by atoms with Gasteiger partial charge in [0.05, 0.1) is 11.1 Å². The number of amides is 2. The molecule has 0 atom stereocenters. The molecule has 2 amide bonds. The van der Waals surface area contributed by atoms with E-state index >= 15 is 0 Å². The zero-order valence-electron chi connectivity index (χ0n) is 14.8. The molecule has 1 aromatic heterocycles. The molecule has 1 aliphatic heterocycles. The van der Waals surface area contributed by atoms with Gasteiger partial charge in [-0.3, -0.25) is 14.6 Å². The minimum absolute atomic E-state index is 0.0735. The van der Waals surface area contributed by atoms with Crippen molar-refractivity contribution in [2.24, 2.45) is 5.73 Å². The Bertz CT molecular complexity index is 861. The number of carbonyl (C=O) groups is 2. The number of hydrogen-bond acceptors (Lipinski definition) is 4. The lowest BCUT2D eigenvalue weighted by molar-refractivity contribution is -0.137. The number of primary amides is 1. The van der Waals surface area contributed by atoms with Crippen molar-refractivity contribution in [2.75, 3.05) is 13.1 Å². The smallest absolute Gasteiger partial charge is 0.416 e. The van der Waals surface area contributed by atoms with Crippen LogP contribution in [-0.4, -0.2) is 40.9 Å². The number of hydrogen-bond donors (Lipinski definition) is 1. The molecule has 0 bridgehead atoms. The summed E-state index contributed by atoms with van der Waals surface area (Å²) in [5.41, 5.74) is 4.61. The van der Waals surface area contributed by atoms with Crippen LogP contribution in [0.1, 0.15) is 39.3 Å². The minimum atomic E-state index is -4.39. The SMILES string of the molecule is NC(=O)c1ncccc1C(=O)N1CCC(Oc2ccc(C(F)(F)F)cc2)CC1. The number of carbonyl (C=O) groups excluding carboxylic acids is 2. The molecule has 1 saturated heterocycles. The Kier molecular flexibility index (Phi) is 5.53. The van der Waals surface area contributed by atoms with Gasteiger partial charge in [0.2, 0.25) is 0 Å². The first kappa shape index (κ1) is 19.7. The standard InChI is InChI=1S/C19H18F3N3O3/c20-19(21,22)12-3-5-13(6-4-12)28-14-7-10-25(11-8-14)18(27)15-2-1-9-24-16(15)17(23)26/h1-6,9,14H,7-8,10-11H2,(H2,23,26). The highest BCUT2D eigenvalue weighted by Gasteiger charge is 2.30. The molecule has 1 aromatic carbocycles. The van der Waals surface area contributed by atoms with Crippen LogP contribution in [0.15, 0.2) is 42.6 Å². The van der Waals surface area contributed by atoms with Gasteiger partial charge >= 0.3 is 6.18 Å². The summed E-state index contributed by atoms with van der Waals surface area (Å²) in [5, 5.41) is 0. The Labute approximate surface area is 159 Å². The number of alkyl halides is 3. The van der Waals surface area contributed by atoms with Crippen molar-refractivity contribution in [2.45, 2.75) is 25.1 Å². The van der Waals surface area contributed by atoms with Crippen LogP contribution < -0.4 is 10.5 Å². The molecular formula is C19H18F3N3O3. The molecule has 2 heterocycles. The van der Waals surface area contributed by atoms with Gasteiger partial charge in [0.15, 0.2) is 0 Å². The second-order valence-electron chi connectivity index (χ2n) is 6.40. The lowest BCUT2D eigenvalue weighted by Gasteiger charge is -2.32. The summed E-state index contributed by atoms with van der Waals surface area (Å²) in [6.07, 6.45) is -2.19. The minimum Gasteiger partial charge on any atom is -0.490 e. The first-order chi connectivity index (χ1) is 13.3. The van der Waals surface area contributed by atoms with E-state index in [9.17, 15) is 22.8 Å². The predicted octanol–water partition coefficient (Wildman–Crippen LogP) is 2.88. The van der Waals surface area contributed by atoms with Crippen molar-refractivity contribution >= 4 is 11.8 Å². The van der Waals surface area contributed by atoms with Gasteiger partial charge in [-0.05, 0) is 36.4 Å². The van der Waals surface area contributed by atoms with Crippen molar-refractivity contribution in [1.82, 2.24) is 9.88 Å². The maximum absolute atomic E-state index is 12.7. The van der Waals surface area contributed by atoms with Gasteiger partial charge in [0.25, 0.3) is 11.8 Å². The van der Waals surface area contributed by atoms with E-state index in [4.69, 9.17) is 10.5 Å². The van der Waals surface area contributed by atoms with E-state index in [1.807, 2.05) is 0 Å². The molecule has 6 nitrogen and oxygen atoms in total. The van der Waals surface area contributed by atoms with Crippen LogP contribution >= 0.6 is 0 Å². The Morgan fingerprint density at radius 3 is 2.32 bits per heavy atom. The third kappa shape index (κ3) is 4.41. The molecule has 9 heteroatoms. The molecule has 148 valence electrons. The van der Waals surface area contributed by atoms with Gasteiger partial charge in [-0.15, -0.1) is 0 Å². The van der Waals surface area contributed by atoms with Crippen molar-refractivity contribution in [3.63, 3.8) is 0 Å². The van der Waals surface area contributed by atoms with Gasteiger partial charge in [-0.25, -0.2) is 0 Å². The van der Waals surface area contributed by atoms with Crippen LogP contribution in [0.2, 0.25) is 0 Å². The molecule has 0 spiro atoms. The fourth-order valence-corrected chi connectivity index (χ4v) is 3.04. The number of benzene rings is 1. The van der Waals surface area contributed by atoms with E-state index < -0.39 is 17.6 Å². The quantitative estimate of drug-likeness (QED) is 0.866. The molecule has 1 fully saturated rings. The highest BCUT2D eigenvalue weighted by atomic mass is 19.4. The summed E-state index contributed by atoms with van der Waals surface area (Å²) in [4.78, 5) is 29.5. The summed E-state index contributed by atoms with van der Waals surface area (Å²) in [5.74, 6) is -0.764. The Morgan fingerprint density at radius 1 is 1.11 bits per heavy atom. The number of rotatable bonds is 4. The number of likely N-dealkylation sites (tertiary alicyclic amines) is 1. The third-order valence-electron chi connectivity index (χ3n) is 4.49. The maximum atomic E-state index is 12.7. The number of nitrogens with two attached hydrogens (primary N) is 1. The van der Waals surface area contributed by atoms with Gasteiger partial charge in [-0.2, -0.15) is 13.2 Å². The number of pyridine rings is 1. The van der Waals surface area contributed by atoms with Gasteiger partial charge < -0.3 is 15.4 Å². The van der Waals surface area contributed by atoms with Gasteiger partial charge in [0.1, 0.15) is 17.5 Å². The fraction of sp³-hybridized carbons (Fsp3) is 0.316. The van der Waals surface area contributed by atoms with Crippen molar-refractivity contribution in [3.05, 3.63) is 59.4 Å². The molecule has 0 radical (unpaired) electrons. The average Bonchev–Trinajstić information content (AvgIpc) is 2.68. The molecule has 2 N–H and O–H groups in total. The Morgan fingerprint density at radius 2 is 1.75 bits per heavy atom. The molecule has 0 aliphatic carbocycles. The molecule has 3 rings (SSSR count). The van der Waals surface area contributed by atoms with Crippen molar-refractivity contribution < 1.29 is 27.5 Å². The summed E-state index contributed by atoms with van der Waals surface area (Å²) in [7, 11) is 0. The monoisotopic (exact) mass is 393 g/mol. The topological polar surface area (TPSA) is 85.5 Å². The van der Waals surface area contributed by atoms with E-state index in [2.05, 4.69) is 4.98 Å². The maximum Gasteiger partial charge on any atom is 0.416 e. The van der Waals surface area contributed by atoms with Crippen LogP contribution in [0.5, 0.6) is 5.75 Å². The number of nitrogens with zero attached hydrogens (tertiary/aromatic N) is 2. The zero-order valence-corrected chi connectivity index (χ0v) is 14.8. The Balaban J connectivity index is 1.59. The van der Waals surface area contributed by atoms with E-state index in [-0.39, 0.29) is 23.3 Å². The second-order valence-corrected chi connectivity index (χ2v) is 6.40. The van der Waals surface area contributed by atoms with Crippen LogP contribution in [0.4, 0.5) is 13.2 Å². The third-order valence-corrected chi connectivity index (χ3v) is 4.49. The number of piperidine rings is 1. The van der Waals surface area contributed by atoms with Crippen LogP contribution in [0.25, 0.3) is 0 Å². The van der Waals surface area contributed by atoms with E-state index in [1.54, 1.807) is 11.0 Å². The summed E-state index contributed by atoms with van der Waals surface area (Å²) in [6.45, 7) is 0.772. The Hall–Kier alpha value is -3.10. The molecule has 1 aliphatic rings. The zero-order chi connectivity index (χ0) is 20.3. The highest BCUT2D eigenvalue weighted by molar-refractivity contribution is 6.05. The number of aromatic nitrogens is 1. The van der Waals surface area contributed by atoms with E-state index in [0.717, 1.165) is 12.1 Å². The van der Waals surface area contributed by atoms with Crippen LogP contribution in [-0.2, 0) is 6.18 Å². The number of halogens is 3. The van der Waals surface area contributed by atoms with Gasteiger partial charge in [0, 0.05) is 32.1 Å². The van der Waals surface area contributed by atoms with Crippen LogP contribution in [0.3, 0.4) is 0 Å². The molecule has 2 aromatic rings. The predicted molar refractivity (Wildman–Crippen MR) is 93.8 cm³/mol. The lowest BCUT2D eigenvalue weighted by atomic mass is 10.1.